The van der Waals surface area contributed by atoms with Crippen LogP contribution in [0.15, 0.2) is 30.3 Å². The normalized spacial score (nSPS) is 13.0. The van der Waals surface area contributed by atoms with E-state index in [1.807, 2.05) is 54.0 Å². The van der Waals surface area contributed by atoms with Crippen molar-refractivity contribution in [3.8, 4) is 5.69 Å². The second-order valence-corrected chi connectivity index (χ2v) is 5.85. The summed E-state index contributed by atoms with van der Waals surface area (Å²) in [5.74, 6) is 0.163. The molecule has 22 heavy (non-hydrogen) atoms. The Hall–Kier alpha value is -1.65. The van der Waals surface area contributed by atoms with Crippen molar-refractivity contribution in [2.75, 3.05) is 20.6 Å². The highest BCUT2D eigenvalue weighted by Gasteiger charge is 2.26. The Morgan fingerprint density at radius 3 is 2.64 bits per heavy atom. The maximum absolute atomic E-state index is 12.5. The molecule has 0 saturated carbocycles. The van der Waals surface area contributed by atoms with Crippen LogP contribution in [0.2, 0.25) is 0 Å². The minimum Gasteiger partial charge on any atom is -0.309 e. The molecular weight excluding hydrogens is 298 g/mol. The molecule has 0 atom stereocenters. The summed E-state index contributed by atoms with van der Waals surface area (Å²) in [6.45, 7) is 0.770. The van der Waals surface area contributed by atoms with E-state index in [1.54, 1.807) is 0 Å². The third-order valence-electron chi connectivity index (χ3n) is 3.98. The van der Waals surface area contributed by atoms with Crippen LogP contribution >= 0.6 is 12.4 Å². The molecule has 0 unspecified atom stereocenters. The zero-order valence-corrected chi connectivity index (χ0v) is 13.9. The first-order valence-corrected chi connectivity index (χ1v) is 7.51. The summed E-state index contributed by atoms with van der Waals surface area (Å²) in [4.78, 5) is 14.5. The first-order chi connectivity index (χ1) is 10.2. The van der Waals surface area contributed by atoms with Crippen molar-refractivity contribution in [3.63, 3.8) is 0 Å². The molecule has 0 bridgehead atoms. The van der Waals surface area contributed by atoms with Gasteiger partial charge < -0.3 is 4.90 Å². The first-order valence-electron chi connectivity index (χ1n) is 7.51. The van der Waals surface area contributed by atoms with Gasteiger partial charge in [0.1, 0.15) is 5.69 Å². The van der Waals surface area contributed by atoms with Gasteiger partial charge in [0.25, 0.3) is 0 Å². The number of ketones is 1. The fourth-order valence-electron chi connectivity index (χ4n) is 2.89. The van der Waals surface area contributed by atoms with Crippen molar-refractivity contribution in [1.82, 2.24) is 14.7 Å². The van der Waals surface area contributed by atoms with Gasteiger partial charge in [0.05, 0.1) is 5.69 Å². The van der Waals surface area contributed by atoms with Crippen LogP contribution < -0.4 is 0 Å². The Morgan fingerprint density at radius 2 is 1.95 bits per heavy atom. The number of hydrogen-bond donors (Lipinski definition) is 0. The third kappa shape index (κ3) is 3.23. The number of carbonyl (C=O) groups is 1. The number of Topliss-reactive ketones (excluding diaryl/α,β-unsaturated/α-hetero) is 1. The maximum atomic E-state index is 12.5. The average Bonchev–Trinajstić information content (AvgIpc) is 3.07. The van der Waals surface area contributed by atoms with Crippen LogP contribution in [0, 0.1) is 0 Å². The van der Waals surface area contributed by atoms with E-state index in [-0.39, 0.29) is 18.2 Å². The Morgan fingerprint density at radius 1 is 1.23 bits per heavy atom. The number of carbonyl (C=O) groups excluding carboxylic acids is 1. The molecular formula is C17H22ClN3O. The van der Waals surface area contributed by atoms with Gasteiger partial charge in [-0.25, -0.2) is 4.68 Å². The van der Waals surface area contributed by atoms with Crippen molar-refractivity contribution in [2.45, 2.75) is 25.7 Å². The highest BCUT2D eigenvalue weighted by atomic mass is 35.5. The van der Waals surface area contributed by atoms with Crippen molar-refractivity contribution < 1.29 is 4.79 Å². The summed E-state index contributed by atoms with van der Waals surface area (Å²) in [5.41, 5.74) is 4.12. The van der Waals surface area contributed by atoms with Crippen molar-refractivity contribution in [3.05, 3.63) is 47.3 Å². The zero-order valence-electron chi connectivity index (χ0n) is 13.1. The smallest absolute Gasteiger partial charge is 0.184 e. The lowest BCUT2D eigenvalue weighted by Crippen LogP contribution is -2.17. The highest BCUT2D eigenvalue weighted by molar-refractivity contribution is 5.96. The van der Waals surface area contributed by atoms with Crippen LogP contribution in [0.25, 0.3) is 5.69 Å². The molecule has 0 N–H and O–H groups in total. The van der Waals surface area contributed by atoms with E-state index in [4.69, 9.17) is 0 Å². The van der Waals surface area contributed by atoms with Crippen molar-refractivity contribution in [1.29, 1.82) is 0 Å². The Balaban J connectivity index is 0.00000176. The van der Waals surface area contributed by atoms with Crippen LogP contribution in [0.5, 0.6) is 0 Å². The molecule has 0 amide bonds. The topological polar surface area (TPSA) is 38.1 Å². The van der Waals surface area contributed by atoms with Crippen molar-refractivity contribution in [2.24, 2.45) is 0 Å². The van der Waals surface area contributed by atoms with Gasteiger partial charge in [0.2, 0.25) is 0 Å². The number of benzene rings is 1. The summed E-state index contributed by atoms with van der Waals surface area (Å²) >= 11 is 0. The zero-order chi connectivity index (χ0) is 14.8. The van der Waals surface area contributed by atoms with E-state index in [2.05, 4.69) is 5.10 Å². The molecule has 0 radical (unpaired) electrons. The molecule has 5 heteroatoms. The molecule has 1 aromatic heterocycles. The fourth-order valence-corrected chi connectivity index (χ4v) is 2.89. The van der Waals surface area contributed by atoms with Crippen LogP contribution in [0.1, 0.15) is 34.6 Å². The van der Waals surface area contributed by atoms with Gasteiger partial charge in [-0.05, 0) is 45.5 Å². The van der Waals surface area contributed by atoms with E-state index in [1.165, 1.54) is 11.3 Å². The van der Waals surface area contributed by atoms with E-state index < -0.39 is 0 Å². The van der Waals surface area contributed by atoms with Gasteiger partial charge in [-0.15, -0.1) is 12.4 Å². The molecule has 1 aliphatic carbocycles. The lowest BCUT2D eigenvalue weighted by molar-refractivity contribution is 0.0966. The second-order valence-electron chi connectivity index (χ2n) is 5.85. The largest absolute Gasteiger partial charge is 0.309 e. The third-order valence-corrected chi connectivity index (χ3v) is 3.98. The van der Waals surface area contributed by atoms with Crippen LogP contribution in [-0.4, -0.2) is 41.1 Å². The van der Waals surface area contributed by atoms with Crippen LogP contribution in [0.3, 0.4) is 0 Å². The molecule has 4 nitrogen and oxygen atoms in total. The average molecular weight is 320 g/mol. The number of nitrogens with zero attached hydrogens (tertiary/aromatic N) is 3. The fraction of sp³-hybridized carbons (Fsp3) is 0.412. The predicted molar refractivity (Wildman–Crippen MR) is 90.3 cm³/mol. The minimum absolute atomic E-state index is 0. The minimum atomic E-state index is 0. The summed E-state index contributed by atoms with van der Waals surface area (Å²) in [6, 6.07) is 10.1. The number of halogens is 1. The molecule has 1 aromatic carbocycles. The van der Waals surface area contributed by atoms with E-state index >= 15 is 0 Å². The molecule has 1 heterocycles. The lowest BCUT2D eigenvalue weighted by atomic mass is 10.1. The molecule has 0 fully saturated rings. The summed E-state index contributed by atoms with van der Waals surface area (Å²) in [7, 11) is 3.97. The monoisotopic (exact) mass is 319 g/mol. The highest BCUT2D eigenvalue weighted by Crippen LogP contribution is 2.28. The van der Waals surface area contributed by atoms with E-state index in [0.717, 1.165) is 31.5 Å². The first kappa shape index (κ1) is 16.7. The Bertz CT molecular complexity index is 649. The van der Waals surface area contributed by atoms with Gasteiger partial charge in [-0.1, -0.05) is 18.2 Å². The van der Waals surface area contributed by atoms with E-state index in [0.29, 0.717) is 12.1 Å². The Kier molecular flexibility index (Phi) is 5.37. The van der Waals surface area contributed by atoms with Gasteiger partial charge in [-0.3, -0.25) is 4.79 Å². The number of rotatable bonds is 5. The summed E-state index contributed by atoms with van der Waals surface area (Å²) in [5, 5.41) is 4.63. The quantitative estimate of drug-likeness (QED) is 0.795. The lowest BCUT2D eigenvalue weighted by Gasteiger charge is -2.07. The molecule has 0 aliphatic heterocycles. The molecule has 118 valence electrons. The number of aromatic nitrogens is 2. The van der Waals surface area contributed by atoms with Crippen molar-refractivity contribution >= 4 is 18.2 Å². The molecule has 0 saturated heterocycles. The molecule has 3 rings (SSSR count). The van der Waals surface area contributed by atoms with Gasteiger partial charge in [0.15, 0.2) is 5.78 Å². The van der Waals surface area contributed by atoms with Crippen LogP contribution in [0.4, 0.5) is 0 Å². The maximum Gasteiger partial charge on any atom is 0.184 e. The van der Waals surface area contributed by atoms with Gasteiger partial charge in [-0.2, -0.15) is 5.10 Å². The predicted octanol–water partition coefficient (Wildman–Crippen LogP) is 2.92. The second kappa shape index (κ2) is 7.07. The summed E-state index contributed by atoms with van der Waals surface area (Å²) in [6.07, 6.45) is 3.64. The molecule has 2 aromatic rings. The van der Waals surface area contributed by atoms with E-state index in [9.17, 15) is 4.79 Å². The number of hydrogen-bond acceptors (Lipinski definition) is 3. The SMILES string of the molecule is CN(C)CCC(=O)c1nn(-c2ccccc2)c2c1CCC2.Cl. The number of para-hydroxylation sites is 1. The van der Waals surface area contributed by atoms with Crippen LogP contribution in [-0.2, 0) is 12.8 Å². The standard InChI is InChI=1S/C17H21N3O.ClH/c1-19(2)12-11-16(21)17-14-9-6-10-15(14)20(18-17)13-7-4-3-5-8-13;/h3-5,7-8H,6,9-12H2,1-2H3;1H. The molecule has 0 spiro atoms. The Labute approximate surface area is 137 Å². The van der Waals surface area contributed by atoms with Gasteiger partial charge >= 0.3 is 0 Å². The number of fused-ring (bicyclic) bond motifs is 1. The van der Waals surface area contributed by atoms with Gasteiger partial charge in [0, 0.05) is 24.2 Å². The molecule has 1 aliphatic rings. The summed E-state index contributed by atoms with van der Waals surface area (Å²) < 4.78 is 1.96.